The minimum Gasteiger partial charge on any atom is -0.356 e. The SMILES string of the molecule is CN=C(NCCc1nc(C(C)(C)C)cs1)NC1CC2CCC(C1)N2Cc1ccccc1. The van der Waals surface area contributed by atoms with E-state index in [9.17, 15) is 0 Å². The van der Waals surface area contributed by atoms with E-state index in [1.165, 1.54) is 41.9 Å². The summed E-state index contributed by atoms with van der Waals surface area (Å²) in [5.74, 6) is 0.925. The van der Waals surface area contributed by atoms with E-state index in [-0.39, 0.29) is 5.41 Å². The van der Waals surface area contributed by atoms with Crippen molar-refractivity contribution in [2.24, 2.45) is 4.99 Å². The average molecular weight is 440 g/mol. The highest BCUT2D eigenvalue weighted by atomic mass is 32.1. The summed E-state index contributed by atoms with van der Waals surface area (Å²) >= 11 is 1.76. The molecule has 0 saturated carbocycles. The van der Waals surface area contributed by atoms with Crippen LogP contribution in [0.4, 0.5) is 0 Å². The van der Waals surface area contributed by atoms with Gasteiger partial charge in [-0.3, -0.25) is 9.89 Å². The Labute approximate surface area is 191 Å². The van der Waals surface area contributed by atoms with Gasteiger partial charge in [0.05, 0.1) is 10.7 Å². The van der Waals surface area contributed by atoms with E-state index in [4.69, 9.17) is 4.98 Å². The van der Waals surface area contributed by atoms with Crippen LogP contribution in [0.25, 0.3) is 0 Å². The fourth-order valence-electron chi connectivity index (χ4n) is 4.89. The predicted octanol–water partition coefficient (Wildman–Crippen LogP) is 4.34. The Kier molecular flexibility index (Phi) is 6.97. The lowest BCUT2D eigenvalue weighted by Gasteiger charge is -2.39. The molecular weight excluding hydrogens is 402 g/mol. The fraction of sp³-hybridized carbons (Fsp3) is 0.600. The average Bonchev–Trinajstić information content (AvgIpc) is 3.30. The van der Waals surface area contributed by atoms with Gasteiger partial charge in [0.25, 0.3) is 0 Å². The third-order valence-corrected chi connectivity index (χ3v) is 7.52. The van der Waals surface area contributed by atoms with E-state index < -0.39 is 0 Å². The van der Waals surface area contributed by atoms with Crippen LogP contribution in [0.2, 0.25) is 0 Å². The van der Waals surface area contributed by atoms with Crippen LogP contribution in [0.15, 0.2) is 40.7 Å². The third-order valence-electron chi connectivity index (χ3n) is 6.61. The highest BCUT2D eigenvalue weighted by molar-refractivity contribution is 7.09. The largest absolute Gasteiger partial charge is 0.356 e. The number of hydrogen-bond acceptors (Lipinski definition) is 4. The Morgan fingerprint density at radius 1 is 1.16 bits per heavy atom. The lowest BCUT2D eigenvalue weighted by Crippen LogP contribution is -2.52. The quantitative estimate of drug-likeness (QED) is 0.519. The highest BCUT2D eigenvalue weighted by Crippen LogP contribution is 2.36. The molecule has 0 spiro atoms. The van der Waals surface area contributed by atoms with Crippen molar-refractivity contribution >= 4 is 17.3 Å². The summed E-state index contributed by atoms with van der Waals surface area (Å²) in [5, 5.41) is 10.6. The molecule has 3 heterocycles. The molecule has 0 radical (unpaired) electrons. The summed E-state index contributed by atoms with van der Waals surface area (Å²) in [6.07, 6.45) is 5.98. The zero-order valence-electron chi connectivity index (χ0n) is 19.4. The first kappa shape index (κ1) is 22.3. The number of benzene rings is 1. The number of guanidine groups is 1. The van der Waals surface area contributed by atoms with Crippen LogP contribution in [0, 0.1) is 0 Å². The van der Waals surface area contributed by atoms with Gasteiger partial charge in [-0.1, -0.05) is 51.1 Å². The van der Waals surface area contributed by atoms with Crippen LogP contribution in [-0.4, -0.2) is 47.6 Å². The molecule has 2 bridgehead atoms. The normalized spacial score (nSPS) is 24.4. The second-order valence-electron chi connectivity index (χ2n) is 9.98. The van der Waals surface area contributed by atoms with Gasteiger partial charge in [-0.15, -0.1) is 11.3 Å². The molecule has 5 nitrogen and oxygen atoms in total. The van der Waals surface area contributed by atoms with Crippen LogP contribution in [0.5, 0.6) is 0 Å². The van der Waals surface area contributed by atoms with Crippen molar-refractivity contribution in [2.45, 2.75) is 83.0 Å². The minimum atomic E-state index is 0.120. The summed E-state index contributed by atoms with van der Waals surface area (Å²) < 4.78 is 0. The number of piperidine rings is 1. The van der Waals surface area contributed by atoms with Crippen LogP contribution < -0.4 is 10.6 Å². The van der Waals surface area contributed by atoms with E-state index in [1.807, 2.05) is 7.05 Å². The number of nitrogens with zero attached hydrogens (tertiary/aromatic N) is 3. The maximum absolute atomic E-state index is 4.80. The van der Waals surface area contributed by atoms with Gasteiger partial charge >= 0.3 is 0 Å². The van der Waals surface area contributed by atoms with Gasteiger partial charge < -0.3 is 10.6 Å². The van der Waals surface area contributed by atoms with Gasteiger partial charge in [-0.2, -0.15) is 0 Å². The van der Waals surface area contributed by atoms with E-state index in [2.05, 4.69) is 77.0 Å². The minimum absolute atomic E-state index is 0.120. The lowest BCUT2D eigenvalue weighted by atomic mass is 9.93. The van der Waals surface area contributed by atoms with E-state index in [1.54, 1.807) is 11.3 Å². The van der Waals surface area contributed by atoms with Gasteiger partial charge in [-0.05, 0) is 31.2 Å². The standard InChI is InChI=1S/C25H37N5S/c1-25(2,3)22-17-31-23(29-22)12-13-27-24(26-4)28-19-14-20-10-11-21(15-19)30(20)16-18-8-6-5-7-9-18/h5-9,17,19-21H,10-16H2,1-4H3,(H2,26,27,28). The number of fused-ring (bicyclic) bond motifs is 2. The maximum Gasteiger partial charge on any atom is 0.191 e. The van der Waals surface area contributed by atoms with Crippen molar-refractivity contribution in [3.05, 3.63) is 52.0 Å². The molecule has 1 aromatic heterocycles. The van der Waals surface area contributed by atoms with Crippen molar-refractivity contribution in [2.75, 3.05) is 13.6 Å². The first-order valence-electron chi connectivity index (χ1n) is 11.6. The molecule has 2 saturated heterocycles. The Morgan fingerprint density at radius 3 is 2.48 bits per heavy atom. The molecule has 2 aliphatic rings. The Hall–Kier alpha value is -1.92. The zero-order valence-corrected chi connectivity index (χ0v) is 20.2. The molecule has 2 atom stereocenters. The van der Waals surface area contributed by atoms with Crippen LogP contribution in [0.3, 0.4) is 0 Å². The summed E-state index contributed by atoms with van der Waals surface area (Å²) in [7, 11) is 1.87. The van der Waals surface area contributed by atoms with Crippen LogP contribution >= 0.6 is 11.3 Å². The number of nitrogens with one attached hydrogen (secondary N) is 2. The fourth-order valence-corrected chi connectivity index (χ4v) is 5.92. The van der Waals surface area contributed by atoms with Crippen molar-refractivity contribution < 1.29 is 0 Å². The maximum atomic E-state index is 4.80. The molecule has 31 heavy (non-hydrogen) atoms. The number of aromatic nitrogens is 1. The van der Waals surface area contributed by atoms with Gasteiger partial charge in [0.2, 0.25) is 0 Å². The third kappa shape index (κ3) is 5.66. The molecule has 1 aromatic carbocycles. The van der Waals surface area contributed by atoms with E-state index in [0.717, 1.165) is 25.5 Å². The molecule has 2 aliphatic heterocycles. The molecule has 6 heteroatoms. The Morgan fingerprint density at radius 2 is 1.87 bits per heavy atom. The smallest absolute Gasteiger partial charge is 0.191 e. The Balaban J connectivity index is 1.25. The van der Waals surface area contributed by atoms with Gasteiger partial charge in [0, 0.05) is 55.5 Å². The van der Waals surface area contributed by atoms with Crippen molar-refractivity contribution in [1.82, 2.24) is 20.5 Å². The van der Waals surface area contributed by atoms with E-state index >= 15 is 0 Å². The first-order chi connectivity index (χ1) is 14.9. The summed E-state index contributed by atoms with van der Waals surface area (Å²) in [5.41, 5.74) is 2.74. The number of rotatable bonds is 6. The highest BCUT2D eigenvalue weighted by Gasteiger charge is 2.40. The first-order valence-corrected chi connectivity index (χ1v) is 12.5. The molecule has 0 aliphatic carbocycles. The molecule has 2 unspecified atom stereocenters. The van der Waals surface area contributed by atoms with Gasteiger partial charge in [0.15, 0.2) is 5.96 Å². The van der Waals surface area contributed by atoms with E-state index in [0.29, 0.717) is 18.1 Å². The zero-order chi connectivity index (χ0) is 21.8. The molecular formula is C25H37N5S. The van der Waals surface area contributed by atoms with Crippen molar-refractivity contribution in [1.29, 1.82) is 0 Å². The molecule has 2 N–H and O–H groups in total. The number of aliphatic imine (C=N–C) groups is 1. The van der Waals surface area contributed by atoms with Gasteiger partial charge in [-0.25, -0.2) is 4.98 Å². The van der Waals surface area contributed by atoms with Crippen molar-refractivity contribution in [3.8, 4) is 0 Å². The second kappa shape index (κ2) is 9.70. The predicted molar refractivity (Wildman–Crippen MR) is 131 cm³/mol. The molecule has 4 rings (SSSR count). The summed E-state index contributed by atoms with van der Waals surface area (Å²) in [6, 6.07) is 12.8. The summed E-state index contributed by atoms with van der Waals surface area (Å²) in [4.78, 5) is 12.0. The molecule has 0 amide bonds. The summed E-state index contributed by atoms with van der Waals surface area (Å²) in [6.45, 7) is 8.59. The molecule has 2 aromatic rings. The van der Waals surface area contributed by atoms with Crippen LogP contribution in [0.1, 0.15) is 62.7 Å². The Bertz CT molecular complexity index is 856. The van der Waals surface area contributed by atoms with Gasteiger partial charge in [0.1, 0.15) is 0 Å². The molecule has 168 valence electrons. The second-order valence-corrected chi connectivity index (χ2v) is 10.9. The topological polar surface area (TPSA) is 52.6 Å². The number of hydrogen-bond donors (Lipinski definition) is 2. The number of thiazole rings is 1. The van der Waals surface area contributed by atoms with Crippen LogP contribution in [-0.2, 0) is 18.4 Å². The lowest BCUT2D eigenvalue weighted by molar-refractivity contribution is 0.114. The molecule has 2 fully saturated rings. The monoisotopic (exact) mass is 439 g/mol. The van der Waals surface area contributed by atoms with Crippen molar-refractivity contribution in [3.63, 3.8) is 0 Å².